The molecule has 0 radical (unpaired) electrons. The molecule has 20 heavy (non-hydrogen) atoms. The molecule has 2 saturated carbocycles. The number of hydrogen-bond acceptors (Lipinski definition) is 2. The van der Waals surface area contributed by atoms with Crippen LogP contribution >= 0.6 is 0 Å². The van der Waals surface area contributed by atoms with E-state index in [9.17, 15) is 4.79 Å². The van der Waals surface area contributed by atoms with Crippen LogP contribution in [-0.4, -0.2) is 17.5 Å². The third-order valence-corrected chi connectivity index (χ3v) is 5.17. The maximum atomic E-state index is 12.8. The minimum absolute atomic E-state index is 0.277. The van der Waals surface area contributed by atoms with E-state index < -0.39 is 0 Å². The first-order chi connectivity index (χ1) is 9.72. The number of aromatic nitrogens is 1. The van der Waals surface area contributed by atoms with Crippen molar-refractivity contribution in [3.05, 3.63) is 30.0 Å². The molecule has 1 aromatic heterocycles. The van der Waals surface area contributed by atoms with Gasteiger partial charge in [0.1, 0.15) is 5.75 Å². The lowest BCUT2D eigenvalue weighted by atomic mass is 10.0. The zero-order valence-corrected chi connectivity index (χ0v) is 11.9. The quantitative estimate of drug-likeness (QED) is 0.799. The van der Waals surface area contributed by atoms with Gasteiger partial charge in [-0.05, 0) is 36.8 Å². The van der Waals surface area contributed by atoms with Gasteiger partial charge >= 0.3 is 0 Å². The van der Waals surface area contributed by atoms with Gasteiger partial charge in [-0.15, -0.1) is 0 Å². The highest BCUT2D eigenvalue weighted by atomic mass is 16.5. The van der Waals surface area contributed by atoms with Crippen LogP contribution in [0.15, 0.2) is 24.4 Å². The monoisotopic (exact) mass is 269 g/mol. The molecule has 0 spiro atoms. The van der Waals surface area contributed by atoms with E-state index in [1.807, 2.05) is 36.0 Å². The summed E-state index contributed by atoms with van der Waals surface area (Å²) in [6, 6.07) is 5.95. The van der Waals surface area contributed by atoms with E-state index in [1.54, 1.807) is 7.11 Å². The van der Waals surface area contributed by atoms with Crippen molar-refractivity contribution in [1.82, 2.24) is 4.57 Å². The smallest absolute Gasteiger partial charge is 0.168 e. The van der Waals surface area contributed by atoms with Gasteiger partial charge in [-0.1, -0.05) is 12.5 Å². The van der Waals surface area contributed by atoms with Crippen molar-refractivity contribution in [2.45, 2.75) is 19.3 Å². The van der Waals surface area contributed by atoms with Crippen molar-refractivity contribution in [1.29, 1.82) is 0 Å². The van der Waals surface area contributed by atoms with Crippen molar-refractivity contribution >= 4 is 16.7 Å². The van der Waals surface area contributed by atoms with Crippen LogP contribution in [-0.2, 0) is 7.05 Å². The highest BCUT2D eigenvalue weighted by Crippen LogP contribution is 2.59. The number of methoxy groups -OCH3 is 1. The van der Waals surface area contributed by atoms with Gasteiger partial charge in [0.2, 0.25) is 0 Å². The number of rotatable bonds is 3. The average Bonchev–Trinajstić information content (AvgIpc) is 2.82. The predicted molar refractivity (Wildman–Crippen MR) is 78.1 cm³/mol. The number of Topliss-reactive ketones (excluding diaryl/α,β-unsaturated/α-hetero) is 1. The van der Waals surface area contributed by atoms with E-state index in [2.05, 4.69) is 0 Å². The lowest BCUT2D eigenvalue weighted by Crippen LogP contribution is -2.06. The van der Waals surface area contributed by atoms with Gasteiger partial charge in [0.25, 0.3) is 0 Å². The molecule has 0 aliphatic heterocycles. The molecular formula is C17H19NO2. The van der Waals surface area contributed by atoms with Crippen LogP contribution in [0, 0.1) is 17.8 Å². The highest BCUT2D eigenvalue weighted by molar-refractivity contribution is 6.12. The number of benzene rings is 1. The van der Waals surface area contributed by atoms with Gasteiger partial charge in [0.05, 0.1) is 18.0 Å². The Kier molecular flexibility index (Phi) is 2.47. The zero-order chi connectivity index (χ0) is 13.9. The Morgan fingerprint density at radius 1 is 1.30 bits per heavy atom. The molecule has 1 aromatic carbocycles. The molecule has 104 valence electrons. The number of nitrogens with zero attached hydrogens (tertiary/aromatic N) is 1. The van der Waals surface area contributed by atoms with E-state index in [0.29, 0.717) is 17.6 Å². The van der Waals surface area contributed by atoms with E-state index in [1.165, 1.54) is 19.3 Å². The number of ether oxygens (including phenoxy) is 1. The second-order valence-corrected chi connectivity index (χ2v) is 6.16. The maximum Gasteiger partial charge on any atom is 0.168 e. The molecule has 2 aromatic rings. The van der Waals surface area contributed by atoms with Crippen molar-refractivity contribution in [2.75, 3.05) is 7.11 Å². The summed E-state index contributed by atoms with van der Waals surface area (Å²) in [6.07, 6.45) is 5.76. The van der Waals surface area contributed by atoms with E-state index in [4.69, 9.17) is 4.74 Å². The lowest BCUT2D eigenvalue weighted by Gasteiger charge is -2.05. The zero-order valence-electron chi connectivity index (χ0n) is 11.9. The number of aryl methyl sites for hydroxylation is 1. The predicted octanol–water partition coefficient (Wildman–Crippen LogP) is 3.42. The fraction of sp³-hybridized carbons (Fsp3) is 0.471. The van der Waals surface area contributed by atoms with Crippen LogP contribution in [0.1, 0.15) is 29.6 Å². The van der Waals surface area contributed by atoms with Gasteiger partial charge in [-0.25, -0.2) is 0 Å². The van der Waals surface area contributed by atoms with Crippen LogP contribution in [0.5, 0.6) is 5.75 Å². The Morgan fingerprint density at radius 3 is 2.75 bits per heavy atom. The normalized spacial score (nSPS) is 27.6. The standard InChI is InChI=1S/C17H19NO2/c1-18-9-12(16-13(18)7-4-8-14(16)20-2)17(19)15-10-5-3-6-11(10)15/h4,7-11,15H,3,5-6H2,1-2H3. The van der Waals surface area contributed by atoms with Crippen molar-refractivity contribution in [3.8, 4) is 5.75 Å². The molecule has 0 bridgehead atoms. The minimum Gasteiger partial charge on any atom is -0.496 e. The SMILES string of the molecule is COc1cccc2c1c(C(=O)C1C3CCCC31)cn2C. The average molecular weight is 269 g/mol. The molecule has 2 unspecified atom stereocenters. The number of carbonyl (C=O) groups is 1. The molecule has 0 saturated heterocycles. The first kappa shape index (κ1) is 12.0. The fourth-order valence-electron chi connectivity index (χ4n) is 4.16. The third kappa shape index (κ3) is 1.49. The Balaban J connectivity index is 1.82. The molecule has 3 nitrogen and oxygen atoms in total. The first-order valence-electron chi connectivity index (χ1n) is 7.38. The van der Waals surface area contributed by atoms with Gasteiger partial charge in [0.15, 0.2) is 5.78 Å². The first-order valence-corrected chi connectivity index (χ1v) is 7.38. The molecule has 2 atom stereocenters. The molecule has 0 N–H and O–H groups in total. The maximum absolute atomic E-state index is 12.8. The summed E-state index contributed by atoms with van der Waals surface area (Å²) in [5.41, 5.74) is 1.91. The van der Waals surface area contributed by atoms with Crippen molar-refractivity contribution in [3.63, 3.8) is 0 Å². The summed E-state index contributed by atoms with van der Waals surface area (Å²) in [6.45, 7) is 0. The molecule has 0 amide bonds. The topological polar surface area (TPSA) is 31.2 Å². The molecule has 2 aliphatic rings. The Hall–Kier alpha value is -1.77. The van der Waals surface area contributed by atoms with E-state index >= 15 is 0 Å². The van der Waals surface area contributed by atoms with Gasteiger partial charge in [-0.3, -0.25) is 4.79 Å². The summed E-state index contributed by atoms with van der Waals surface area (Å²) in [4.78, 5) is 12.8. The minimum atomic E-state index is 0.277. The summed E-state index contributed by atoms with van der Waals surface area (Å²) in [5, 5.41) is 0.979. The summed E-state index contributed by atoms with van der Waals surface area (Å²) >= 11 is 0. The van der Waals surface area contributed by atoms with Crippen LogP contribution in [0.4, 0.5) is 0 Å². The lowest BCUT2D eigenvalue weighted by molar-refractivity contribution is 0.0953. The van der Waals surface area contributed by atoms with E-state index in [-0.39, 0.29) is 5.92 Å². The fourth-order valence-corrected chi connectivity index (χ4v) is 4.16. The van der Waals surface area contributed by atoms with Gasteiger partial charge in [0, 0.05) is 24.7 Å². The summed E-state index contributed by atoms with van der Waals surface area (Å²) < 4.78 is 7.49. The molecule has 4 rings (SSSR count). The molecular weight excluding hydrogens is 250 g/mol. The second-order valence-electron chi connectivity index (χ2n) is 6.16. The highest BCUT2D eigenvalue weighted by Gasteiger charge is 2.56. The van der Waals surface area contributed by atoms with Crippen LogP contribution in [0.3, 0.4) is 0 Å². The number of hydrogen-bond donors (Lipinski definition) is 0. The van der Waals surface area contributed by atoms with Crippen LogP contribution in [0.25, 0.3) is 10.9 Å². The Morgan fingerprint density at radius 2 is 2.05 bits per heavy atom. The van der Waals surface area contributed by atoms with Crippen LogP contribution in [0.2, 0.25) is 0 Å². The number of ketones is 1. The Bertz CT molecular complexity index is 690. The second kappa shape index (κ2) is 4.11. The summed E-state index contributed by atoms with van der Waals surface area (Å²) in [7, 11) is 3.66. The molecule has 1 heterocycles. The Labute approximate surface area is 118 Å². The molecule has 2 fully saturated rings. The third-order valence-electron chi connectivity index (χ3n) is 5.17. The largest absolute Gasteiger partial charge is 0.496 e. The van der Waals surface area contributed by atoms with E-state index in [0.717, 1.165) is 22.2 Å². The number of carbonyl (C=O) groups excluding carboxylic acids is 1. The molecule has 3 heteroatoms. The van der Waals surface area contributed by atoms with Crippen molar-refractivity contribution in [2.24, 2.45) is 24.8 Å². The van der Waals surface area contributed by atoms with Crippen molar-refractivity contribution < 1.29 is 9.53 Å². The van der Waals surface area contributed by atoms with Gasteiger partial charge in [-0.2, -0.15) is 0 Å². The van der Waals surface area contributed by atoms with Crippen LogP contribution < -0.4 is 4.74 Å². The van der Waals surface area contributed by atoms with Gasteiger partial charge < -0.3 is 9.30 Å². The molecule has 2 aliphatic carbocycles. The summed E-state index contributed by atoms with van der Waals surface area (Å²) in [5.74, 6) is 2.73. The number of fused-ring (bicyclic) bond motifs is 2.